The average Bonchev–Trinajstić information content (AvgIpc) is 3.43. The second-order valence-corrected chi connectivity index (χ2v) is 20.1. The van der Waals surface area contributed by atoms with E-state index in [2.05, 4.69) is 167 Å². The highest BCUT2D eigenvalue weighted by molar-refractivity contribution is 7.47. The van der Waals surface area contributed by atoms with Crippen LogP contribution < -0.4 is 0 Å². The maximum absolute atomic E-state index is 12.9. The van der Waals surface area contributed by atoms with Crippen LogP contribution in [0.25, 0.3) is 0 Å². The highest BCUT2D eigenvalue weighted by Crippen LogP contribution is 2.43. The lowest BCUT2D eigenvalue weighted by Gasteiger charge is -2.21. The van der Waals surface area contributed by atoms with Gasteiger partial charge in [-0.25, -0.2) is 4.57 Å². The fourth-order valence-electron chi connectivity index (χ4n) is 7.09. The molecule has 0 aromatic rings. The predicted octanol–water partition coefficient (Wildman–Crippen LogP) is 17.7. The first-order valence-corrected chi connectivity index (χ1v) is 30.9. The number of esters is 3. The molecule has 0 saturated carbocycles. The Hall–Kier alpha value is -4.90. The van der Waals surface area contributed by atoms with Gasteiger partial charge in [-0.1, -0.05) is 211 Å². The number of aliphatic hydroxyl groups excluding tert-OH is 1. The Morgan fingerprint density at radius 2 is 0.654 bits per heavy atom. The Balaban J connectivity index is 4.92. The van der Waals surface area contributed by atoms with Gasteiger partial charge >= 0.3 is 25.7 Å². The van der Waals surface area contributed by atoms with Crippen LogP contribution in [0.15, 0.2) is 158 Å². The molecule has 11 nitrogen and oxygen atoms in total. The molecule has 3 atom stereocenters. The molecule has 438 valence electrons. The van der Waals surface area contributed by atoms with Gasteiger partial charge in [0, 0.05) is 19.3 Å². The maximum Gasteiger partial charge on any atom is 0.472 e. The van der Waals surface area contributed by atoms with Gasteiger partial charge in [-0.05, 0) is 128 Å². The average molecular weight is 1100 g/mol. The normalized spacial score (nSPS) is 14.5. The van der Waals surface area contributed by atoms with Crippen molar-refractivity contribution in [3.63, 3.8) is 0 Å². The van der Waals surface area contributed by atoms with Crippen LogP contribution in [0.1, 0.15) is 201 Å². The molecule has 0 fully saturated rings. The summed E-state index contributed by atoms with van der Waals surface area (Å²) in [6.07, 6.45) is 76.5. The first-order valence-electron chi connectivity index (χ1n) is 29.4. The summed E-state index contributed by atoms with van der Waals surface area (Å²) in [6, 6.07) is 0. The van der Waals surface area contributed by atoms with Crippen LogP contribution in [-0.4, -0.2) is 66.5 Å². The van der Waals surface area contributed by atoms with E-state index >= 15 is 0 Å². The number of hydrogen-bond acceptors (Lipinski definition) is 10. The molecular formula is C66H103O11P. The van der Waals surface area contributed by atoms with Crippen LogP contribution in [0.3, 0.4) is 0 Å². The molecule has 0 heterocycles. The zero-order chi connectivity index (χ0) is 56.9. The highest BCUT2D eigenvalue weighted by atomic mass is 31.2. The second-order valence-electron chi connectivity index (χ2n) is 18.7. The lowest BCUT2D eigenvalue weighted by Crippen LogP contribution is -2.30. The van der Waals surface area contributed by atoms with E-state index in [0.29, 0.717) is 25.7 Å². The molecule has 0 spiro atoms. The number of carbonyl (C=O) groups is 3. The number of rotatable bonds is 52. The summed E-state index contributed by atoms with van der Waals surface area (Å²) >= 11 is 0. The second kappa shape index (κ2) is 58.3. The molecule has 78 heavy (non-hydrogen) atoms. The number of carbonyl (C=O) groups excluding carboxylic acids is 3. The minimum absolute atomic E-state index is 0.0274. The third-order valence-electron chi connectivity index (χ3n) is 11.4. The van der Waals surface area contributed by atoms with Crippen molar-refractivity contribution in [2.45, 2.75) is 213 Å². The summed E-state index contributed by atoms with van der Waals surface area (Å²) in [7, 11) is -4.80. The van der Waals surface area contributed by atoms with Crippen LogP contribution in [0, 0.1) is 0 Å². The van der Waals surface area contributed by atoms with Gasteiger partial charge in [0.2, 0.25) is 0 Å². The Labute approximate surface area is 473 Å². The van der Waals surface area contributed by atoms with E-state index in [0.717, 1.165) is 128 Å². The van der Waals surface area contributed by atoms with Gasteiger partial charge in [0.05, 0.1) is 19.8 Å². The molecule has 0 saturated heterocycles. The Kier molecular flexibility index (Phi) is 54.6. The molecular weight excluding hydrogens is 1000 g/mol. The fraction of sp³-hybridized carbons (Fsp3) is 0.561. The van der Waals surface area contributed by atoms with Gasteiger partial charge in [0.25, 0.3) is 0 Å². The maximum atomic E-state index is 12.9. The van der Waals surface area contributed by atoms with E-state index in [1.54, 1.807) is 0 Å². The smallest absolute Gasteiger partial charge is 0.462 e. The summed E-state index contributed by atoms with van der Waals surface area (Å²) in [5.41, 5.74) is 0. The van der Waals surface area contributed by atoms with Crippen LogP contribution in [0.2, 0.25) is 0 Å². The number of aliphatic hydroxyl groups is 1. The monoisotopic (exact) mass is 1100 g/mol. The van der Waals surface area contributed by atoms with E-state index in [-0.39, 0.29) is 25.9 Å². The number of hydrogen-bond donors (Lipinski definition) is 2. The molecule has 0 aromatic heterocycles. The molecule has 0 aliphatic carbocycles. The van der Waals surface area contributed by atoms with Crippen LogP contribution in [0.5, 0.6) is 0 Å². The standard InChI is InChI=1S/C66H103O11P/c1-4-7-10-13-16-19-22-25-28-30-31-33-36-39-42-45-48-51-54-57-66(70)77-63(59-73-64(68)55-52-49-46-43-40-37-35-32-29-26-23-20-17-14-11-8-5-2)61-75-78(71,72)74-60-62(58-67)76-65(69)56-53-50-47-44-41-38-34-27-24-21-18-15-12-9-6-3/h7-12,16-21,25-29,31,33-34,39,41-42,44,48,51,62-63,67H,4-6,13-15,22-24,30,32,35-38,40,43,45-47,49-50,52-61H2,1-3H3,(H,71,72)/b10-7-,11-8-,12-9-,19-16-,20-17-,21-18-,28-25-,29-26-,33-31-,34-27-,42-39-,44-41-,51-48-. The molecule has 0 rings (SSSR count). The minimum atomic E-state index is -4.80. The van der Waals surface area contributed by atoms with E-state index in [4.69, 9.17) is 23.3 Å². The van der Waals surface area contributed by atoms with Crippen molar-refractivity contribution in [3.8, 4) is 0 Å². The molecule has 0 bridgehead atoms. The third-order valence-corrected chi connectivity index (χ3v) is 12.4. The summed E-state index contributed by atoms with van der Waals surface area (Å²) in [4.78, 5) is 48.6. The molecule has 0 aliphatic rings. The van der Waals surface area contributed by atoms with Crippen molar-refractivity contribution in [2.24, 2.45) is 0 Å². The highest BCUT2D eigenvalue weighted by Gasteiger charge is 2.28. The van der Waals surface area contributed by atoms with Crippen molar-refractivity contribution in [1.29, 1.82) is 0 Å². The van der Waals surface area contributed by atoms with Crippen LogP contribution >= 0.6 is 7.82 Å². The van der Waals surface area contributed by atoms with Crippen LogP contribution in [-0.2, 0) is 42.2 Å². The van der Waals surface area contributed by atoms with Crippen molar-refractivity contribution < 1.29 is 52.2 Å². The minimum Gasteiger partial charge on any atom is -0.462 e. The Bertz CT molecular complexity index is 1910. The van der Waals surface area contributed by atoms with Gasteiger partial charge < -0.3 is 24.2 Å². The third kappa shape index (κ3) is 55.8. The SMILES string of the molecule is CC/C=C\C/C=C\C/C=C\C/C=C\C/C=C\C/C=C\CCC(=O)OC(COC(=O)CCCCCCCCC/C=C\C/C=C\C/C=C\CC)COP(=O)(O)OCC(CO)OC(=O)CCCC/C=C\C/C=C\C/C=C\C/C=C\CC. The van der Waals surface area contributed by atoms with Gasteiger partial charge in [-0.2, -0.15) is 0 Å². The molecule has 3 unspecified atom stereocenters. The van der Waals surface area contributed by atoms with E-state index in [1.807, 2.05) is 12.2 Å². The van der Waals surface area contributed by atoms with Gasteiger partial charge in [0.1, 0.15) is 12.7 Å². The molecule has 0 aromatic carbocycles. The largest absolute Gasteiger partial charge is 0.472 e. The first kappa shape index (κ1) is 73.1. The van der Waals surface area contributed by atoms with Crippen molar-refractivity contribution in [2.75, 3.05) is 26.4 Å². The molecule has 0 amide bonds. The fourth-order valence-corrected chi connectivity index (χ4v) is 7.88. The lowest BCUT2D eigenvalue weighted by molar-refractivity contribution is -0.161. The lowest BCUT2D eigenvalue weighted by atomic mass is 10.1. The van der Waals surface area contributed by atoms with Crippen molar-refractivity contribution in [1.82, 2.24) is 0 Å². The van der Waals surface area contributed by atoms with Crippen molar-refractivity contribution in [3.05, 3.63) is 158 Å². The van der Waals surface area contributed by atoms with E-state index in [9.17, 15) is 28.9 Å². The molecule has 0 radical (unpaired) electrons. The summed E-state index contributed by atoms with van der Waals surface area (Å²) in [5, 5.41) is 9.82. The number of unbranched alkanes of at least 4 members (excludes halogenated alkanes) is 9. The zero-order valence-corrected chi connectivity index (χ0v) is 49.2. The summed E-state index contributed by atoms with van der Waals surface area (Å²) in [5.74, 6) is -1.64. The predicted molar refractivity (Wildman–Crippen MR) is 325 cm³/mol. The first-order chi connectivity index (χ1) is 38.2. The van der Waals surface area contributed by atoms with E-state index in [1.165, 1.54) is 6.42 Å². The van der Waals surface area contributed by atoms with Gasteiger partial charge in [0.15, 0.2) is 6.10 Å². The topological polar surface area (TPSA) is 155 Å². The quantitative estimate of drug-likeness (QED) is 0.0197. The number of allylic oxidation sites excluding steroid dienone is 26. The van der Waals surface area contributed by atoms with E-state index < -0.39 is 57.8 Å². The molecule has 0 aliphatic heterocycles. The molecule has 12 heteroatoms. The summed E-state index contributed by atoms with van der Waals surface area (Å²) in [6.45, 7) is 4.14. The van der Waals surface area contributed by atoms with Gasteiger partial charge in [-0.15, -0.1) is 0 Å². The number of phosphoric ester groups is 1. The summed E-state index contributed by atoms with van der Waals surface area (Å²) < 4.78 is 39.4. The Morgan fingerprint density at radius 1 is 0.359 bits per heavy atom. The molecule has 2 N–H and O–H groups in total. The Morgan fingerprint density at radius 3 is 1.06 bits per heavy atom. The number of ether oxygens (including phenoxy) is 3. The number of phosphoric acid groups is 1. The van der Waals surface area contributed by atoms with Crippen LogP contribution in [0.4, 0.5) is 0 Å². The van der Waals surface area contributed by atoms with Crippen molar-refractivity contribution >= 4 is 25.7 Å². The zero-order valence-electron chi connectivity index (χ0n) is 48.3. The van der Waals surface area contributed by atoms with Gasteiger partial charge in [-0.3, -0.25) is 23.4 Å².